The van der Waals surface area contributed by atoms with Crippen molar-refractivity contribution >= 4 is 11.6 Å². The molecule has 1 aliphatic rings. The number of amides is 1. The second kappa shape index (κ2) is 6.37. The van der Waals surface area contributed by atoms with Gasteiger partial charge in [0.25, 0.3) is 5.91 Å². The highest BCUT2D eigenvalue weighted by molar-refractivity contribution is 5.75. The molecule has 1 aliphatic carbocycles. The van der Waals surface area contributed by atoms with E-state index in [-0.39, 0.29) is 6.61 Å². The average Bonchev–Trinajstić information content (AvgIpc) is 2.40. The molecule has 1 aromatic carbocycles. The first-order chi connectivity index (χ1) is 9.85. The van der Waals surface area contributed by atoms with Crippen LogP contribution in [-0.2, 0) is 4.79 Å². The van der Waals surface area contributed by atoms with Gasteiger partial charge in [-0.15, -0.1) is 0 Å². The Morgan fingerprint density at radius 1 is 1.38 bits per heavy atom. The number of ether oxygens (including phenoxy) is 1. The van der Waals surface area contributed by atoms with Gasteiger partial charge in [0.2, 0.25) is 0 Å². The molecule has 1 aromatic rings. The highest BCUT2D eigenvalue weighted by atomic mass is 16.5. The van der Waals surface area contributed by atoms with Crippen molar-refractivity contribution in [3.8, 4) is 5.75 Å². The van der Waals surface area contributed by atoms with Crippen LogP contribution in [0.4, 0.5) is 5.69 Å². The molecule has 0 radical (unpaired) electrons. The fraction of sp³-hybridized carbons (Fsp3) is 0.588. The minimum atomic E-state index is -0.462. The lowest BCUT2D eigenvalue weighted by Crippen LogP contribution is -2.36. The van der Waals surface area contributed by atoms with Gasteiger partial charge in [0.15, 0.2) is 6.61 Å². The minimum Gasteiger partial charge on any atom is -0.484 e. The summed E-state index contributed by atoms with van der Waals surface area (Å²) in [5, 5.41) is 3.61. The van der Waals surface area contributed by atoms with Gasteiger partial charge in [-0.1, -0.05) is 20.8 Å². The summed E-state index contributed by atoms with van der Waals surface area (Å²) in [6.45, 7) is 6.94. The van der Waals surface area contributed by atoms with Crippen molar-refractivity contribution in [3.05, 3.63) is 24.3 Å². The van der Waals surface area contributed by atoms with Crippen molar-refractivity contribution in [3.63, 3.8) is 0 Å². The van der Waals surface area contributed by atoms with Gasteiger partial charge in [0.05, 0.1) is 0 Å². The smallest absolute Gasteiger partial charge is 0.255 e. The number of anilines is 1. The number of primary amides is 1. The Bertz CT molecular complexity index is 482. The van der Waals surface area contributed by atoms with E-state index in [9.17, 15) is 4.79 Å². The van der Waals surface area contributed by atoms with E-state index in [4.69, 9.17) is 10.5 Å². The van der Waals surface area contributed by atoms with E-state index in [0.717, 1.165) is 5.69 Å². The molecule has 2 rings (SSSR count). The molecule has 1 fully saturated rings. The Labute approximate surface area is 127 Å². The molecule has 0 spiro atoms. The summed E-state index contributed by atoms with van der Waals surface area (Å²) in [7, 11) is 0. The summed E-state index contributed by atoms with van der Waals surface area (Å²) in [5.74, 6) is 0.868. The molecule has 2 atom stereocenters. The molecule has 4 nitrogen and oxygen atoms in total. The maximum atomic E-state index is 10.7. The van der Waals surface area contributed by atoms with Gasteiger partial charge in [-0.05, 0) is 54.9 Å². The number of benzene rings is 1. The maximum Gasteiger partial charge on any atom is 0.255 e. The van der Waals surface area contributed by atoms with Gasteiger partial charge in [-0.2, -0.15) is 0 Å². The van der Waals surface area contributed by atoms with Crippen molar-refractivity contribution in [2.24, 2.45) is 17.1 Å². The summed E-state index contributed by atoms with van der Waals surface area (Å²) in [6.07, 6.45) is 3.72. The molecule has 3 N–H and O–H groups in total. The summed E-state index contributed by atoms with van der Waals surface area (Å²) in [4.78, 5) is 10.7. The first-order valence-corrected chi connectivity index (χ1v) is 7.63. The van der Waals surface area contributed by atoms with Crippen LogP contribution in [0.1, 0.15) is 40.0 Å². The number of hydrogen-bond donors (Lipinski definition) is 2. The topological polar surface area (TPSA) is 64.3 Å². The normalized spacial score (nSPS) is 24.3. The van der Waals surface area contributed by atoms with Crippen LogP contribution < -0.4 is 15.8 Å². The monoisotopic (exact) mass is 290 g/mol. The zero-order valence-corrected chi connectivity index (χ0v) is 13.2. The predicted octanol–water partition coefficient (Wildman–Crippen LogP) is 3.18. The molecular formula is C17H26N2O2. The van der Waals surface area contributed by atoms with Crippen LogP contribution in [0.25, 0.3) is 0 Å². The van der Waals surface area contributed by atoms with Gasteiger partial charge in [0, 0.05) is 11.7 Å². The quantitative estimate of drug-likeness (QED) is 0.875. The molecule has 2 unspecified atom stereocenters. The Morgan fingerprint density at radius 3 is 2.62 bits per heavy atom. The molecule has 21 heavy (non-hydrogen) atoms. The van der Waals surface area contributed by atoms with Crippen molar-refractivity contribution in [2.45, 2.75) is 46.1 Å². The molecule has 0 heterocycles. The molecule has 0 aromatic heterocycles. The molecule has 4 heteroatoms. The van der Waals surface area contributed by atoms with Crippen LogP contribution in [-0.4, -0.2) is 18.6 Å². The third kappa shape index (κ3) is 4.66. The molecule has 0 saturated heterocycles. The number of nitrogens with two attached hydrogens (primary N) is 1. The SMILES string of the molecule is CC1CC(C)(C)CCC1Nc1ccc(OCC(N)=O)cc1. The van der Waals surface area contributed by atoms with Crippen molar-refractivity contribution in [2.75, 3.05) is 11.9 Å². The van der Waals surface area contributed by atoms with Crippen LogP contribution >= 0.6 is 0 Å². The van der Waals surface area contributed by atoms with Crippen molar-refractivity contribution < 1.29 is 9.53 Å². The zero-order chi connectivity index (χ0) is 15.5. The van der Waals surface area contributed by atoms with Crippen LogP contribution in [0.2, 0.25) is 0 Å². The summed E-state index contributed by atoms with van der Waals surface area (Å²) in [6, 6.07) is 8.23. The fourth-order valence-electron chi connectivity index (χ4n) is 3.18. The van der Waals surface area contributed by atoms with Crippen molar-refractivity contribution in [1.29, 1.82) is 0 Å². The number of hydrogen-bond acceptors (Lipinski definition) is 3. The van der Waals surface area contributed by atoms with E-state index in [1.165, 1.54) is 19.3 Å². The largest absolute Gasteiger partial charge is 0.484 e. The second-order valence-corrected chi connectivity index (χ2v) is 6.91. The standard InChI is InChI=1S/C17H26N2O2/c1-12-10-17(2,3)9-8-15(12)19-13-4-6-14(7-5-13)21-11-16(18)20/h4-7,12,15,19H,8-11H2,1-3H3,(H2,18,20). The Morgan fingerprint density at radius 2 is 2.05 bits per heavy atom. The van der Waals surface area contributed by atoms with E-state index >= 15 is 0 Å². The number of rotatable bonds is 5. The fourth-order valence-corrected chi connectivity index (χ4v) is 3.18. The highest BCUT2D eigenvalue weighted by Gasteiger charge is 2.32. The first kappa shape index (κ1) is 15.7. The van der Waals surface area contributed by atoms with Gasteiger partial charge >= 0.3 is 0 Å². The lowest BCUT2D eigenvalue weighted by atomic mass is 9.70. The van der Waals surface area contributed by atoms with E-state index in [0.29, 0.717) is 23.1 Å². The average molecular weight is 290 g/mol. The maximum absolute atomic E-state index is 10.7. The Balaban J connectivity index is 1.90. The highest BCUT2D eigenvalue weighted by Crippen LogP contribution is 2.39. The summed E-state index contributed by atoms with van der Waals surface area (Å²) in [5.41, 5.74) is 6.61. The van der Waals surface area contributed by atoms with Gasteiger partial charge in [-0.3, -0.25) is 4.79 Å². The predicted molar refractivity (Wildman–Crippen MR) is 85.3 cm³/mol. The number of carbonyl (C=O) groups is 1. The van der Waals surface area contributed by atoms with Gasteiger partial charge in [0.1, 0.15) is 5.75 Å². The molecular weight excluding hydrogens is 264 g/mol. The van der Waals surface area contributed by atoms with E-state index in [1.807, 2.05) is 24.3 Å². The summed E-state index contributed by atoms with van der Waals surface area (Å²) < 4.78 is 5.26. The van der Waals surface area contributed by atoms with Crippen molar-refractivity contribution in [1.82, 2.24) is 0 Å². The van der Waals surface area contributed by atoms with E-state index < -0.39 is 5.91 Å². The molecule has 0 aliphatic heterocycles. The third-order valence-corrected chi connectivity index (χ3v) is 4.28. The van der Waals surface area contributed by atoms with Gasteiger partial charge < -0.3 is 15.8 Å². The van der Waals surface area contributed by atoms with E-state index in [2.05, 4.69) is 26.1 Å². The van der Waals surface area contributed by atoms with Gasteiger partial charge in [-0.25, -0.2) is 0 Å². The second-order valence-electron chi connectivity index (χ2n) is 6.91. The van der Waals surface area contributed by atoms with Crippen LogP contribution in [0.15, 0.2) is 24.3 Å². The number of carbonyl (C=O) groups excluding carboxylic acids is 1. The summed E-state index contributed by atoms with van der Waals surface area (Å²) >= 11 is 0. The lowest BCUT2D eigenvalue weighted by molar-refractivity contribution is -0.119. The minimum absolute atomic E-state index is 0.0818. The molecule has 0 bridgehead atoms. The van der Waals surface area contributed by atoms with Crippen LogP contribution in [0, 0.1) is 11.3 Å². The van der Waals surface area contributed by atoms with Crippen LogP contribution in [0.3, 0.4) is 0 Å². The number of nitrogens with one attached hydrogen (secondary N) is 1. The first-order valence-electron chi connectivity index (χ1n) is 7.63. The zero-order valence-electron chi connectivity index (χ0n) is 13.2. The molecule has 1 amide bonds. The molecule has 1 saturated carbocycles. The van der Waals surface area contributed by atoms with Crippen LogP contribution in [0.5, 0.6) is 5.75 Å². The Kier molecular flexibility index (Phi) is 4.76. The third-order valence-electron chi connectivity index (χ3n) is 4.28. The Hall–Kier alpha value is -1.71. The lowest BCUT2D eigenvalue weighted by Gasteiger charge is -2.40. The molecule has 116 valence electrons. The van der Waals surface area contributed by atoms with E-state index in [1.54, 1.807) is 0 Å².